The second-order valence-corrected chi connectivity index (χ2v) is 8.44. The Morgan fingerprint density at radius 3 is 1.21 bits per heavy atom. The number of benzene rings is 2. The smallest absolute Gasteiger partial charge is 0.123 e. The summed E-state index contributed by atoms with van der Waals surface area (Å²) in [6.45, 7) is 16.5. The van der Waals surface area contributed by atoms with E-state index in [4.69, 9.17) is 0 Å². The summed E-state index contributed by atoms with van der Waals surface area (Å²) in [5.74, 6) is 0.870. The van der Waals surface area contributed by atoms with Gasteiger partial charge in [0.15, 0.2) is 0 Å². The van der Waals surface area contributed by atoms with Gasteiger partial charge in [0, 0.05) is 0 Å². The van der Waals surface area contributed by atoms with Crippen molar-refractivity contribution in [2.24, 2.45) is 0 Å². The van der Waals surface area contributed by atoms with E-state index in [0.717, 1.165) is 22.3 Å². The van der Waals surface area contributed by atoms with Crippen LogP contribution in [-0.4, -0.2) is 10.2 Å². The highest BCUT2D eigenvalue weighted by atomic mass is 16.3. The molecule has 0 aliphatic carbocycles. The molecule has 2 heteroatoms. The summed E-state index contributed by atoms with van der Waals surface area (Å²) in [5, 5.41) is 19.5. The first-order valence-electron chi connectivity index (χ1n) is 8.44. The molecule has 0 aliphatic rings. The lowest BCUT2D eigenvalue weighted by Crippen LogP contribution is -2.16. The first-order valence-corrected chi connectivity index (χ1v) is 8.44. The predicted molar refractivity (Wildman–Crippen MR) is 103 cm³/mol. The summed E-state index contributed by atoms with van der Waals surface area (Å²) in [7, 11) is 0. The highest BCUT2D eigenvalue weighted by Crippen LogP contribution is 2.38. The molecule has 0 fully saturated rings. The summed E-state index contributed by atoms with van der Waals surface area (Å²) < 4.78 is 0. The number of phenols is 2. The Morgan fingerprint density at radius 1 is 0.583 bits per heavy atom. The molecule has 0 amide bonds. The zero-order valence-electron chi connectivity index (χ0n) is 16.4. The van der Waals surface area contributed by atoms with E-state index in [2.05, 4.69) is 41.5 Å². The van der Waals surface area contributed by atoms with Crippen LogP contribution in [0.15, 0.2) is 36.4 Å². The number of rotatable bonds is 0. The van der Waals surface area contributed by atoms with Crippen LogP contribution in [0.5, 0.6) is 11.5 Å². The number of aromatic hydroxyl groups is 2. The van der Waals surface area contributed by atoms with Gasteiger partial charge in [-0.05, 0) is 46.9 Å². The van der Waals surface area contributed by atoms with Crippen LogP contribution in [0.3, 0.4) is 0 Å². The van der Waals surface area contributed by atoms with Gasteiger partial charge < -0.3 is 10.2 Å². The lowest BCUT2D eigenvalue weighted by molar-refractivity contribution is 0.423. The molecule has 2 aromatic carbocycles. The van der Waals surface area contributed by atoms with Gasteiger partial charge in [0.25, 0.3) is 0 Å². The van der Waals surface area contributed by atoms with Crippen molar-refractivity contribution in [2.45, 2.75) is 66.2 Å². The molecule has 0 unspecified atom stereocenters. The highest BCUT2D eigenvalue weighted by molar-refractivity contribution is 5.46. The van der Waals surface area contributed by atoms with Crippen LogP contribution < -0.4 is 0 Å². The Morgan fingerprint density at radius 2 is 0.917 bits per heavy atom. The van der Waals surface area contributed by atoms with Gasteiger partial charge >= 0.3 is 0 Å². The molecule has 132 valence electrons. The maximum atomic E-state index is 10.3. The molecule has 0 spiro atoms. The summed E-state index contributed by atoms with van der Waals surface area (Å²) in [5.41, 5.74) is 3.91. The predicted octanol–water partition coefficient (Wildman–Crippen LogP) is 6.00. The van der Waals surface area contributed by atoms with E-state index in [-0.39, 0.29) is 10.8 Å². The standard InChI is InChI=1S/C14H22O.C8H10O/c1-13(2,3)10-8-7-9-11(12(10)15)14(4,5)6;1-6-4-3-5-7(2)8(6)9/h7-9,15H,1-6H3;3-5,9H,1-2H3. The molecule has 0 bridgehead atoms. The van der Waals surface area contributed by atoms with E-state index in [9.17, 15) is 10.2 Å². The zero-order valence-corrected chi connectivity index (χ0v) is 16.4. The third-order valence-corrected chi connectivity index (χ3v) is 4.09. The second kappa shape index (κ2) is 7.29. The Balaban J connectivity index is 0.000000272. The van der Waals surface area contributed by atoms with Crippen molar-refractivity contribution in [2.75, 3.05) is 0 Å². The molecule has 2 nitrogen and oxygen atoms in total. The quantitative estimate of drug-likeness (QED) is 0.623. The molecular formula is C22H32O2. The van der Waals surface area contributed by atoms with Crippen LogP contribution in [0.4, 0.5) is 0 Å². The van der Waals surface area contributed by atoms with Crippen LogP contribution in [0.25, 0.3) is 0 Å². The Hall–Kier alpha value is -1.96. The summed E-state index contributed by atoms with van der Waals surface area (Å²) in [4.78, 5) is 0. The minimum Gasteiger partial charge on any atom is -0.507 e. The number of aryl methyl sites for hydroxylation is 2. The monoisotopic (exact) mass is 328 g/mol. The molecule has 2 N–H and O–H groups in total. The van der Waals surface area contributed by atoms with Crippen LogP contribution in [0.1, 0.15) is 63.8 Å². The fourth-order valence-electron chi connectivity index (χ4n) is 2.56. The van der Waals surface area contributed by atoms with Gasteiger partial charge in [-0.25, -0.2) is 0 Å². The number of phenolic OH excluding ortho intramolecular Hbond substituents is 2. The van der Waals surface area contributed by atoms with Crippen LogP contribution >= 0.6 is 0 Å². The molecule has 2 aromatic rings. The molecule has 0 atom stereocenters. The molecule has 0 aliphatic heterocycles. The van der Waals surface area contributed by atoms with Crippen LogP contribution in [0.2, 0.25) is 0 Å². The van der Waals surface area contributed by atoms with E-state index in [1.165, 1.54) is 0 Å². The molecule has 0 aromatic heterocycles. The van der Waals surface area contributed by atoms with Crippen molar-refractivity contribution in [3.8, 4) is 11.5 Å². The van der Waals surface area contributed by atoms with E-state index >= 15 is 0 Å². The molecule has 0 saturated heterocycles. The number of para-hydroxylation sites is 2. The normalized spacial score (nSPS) is 11.7. The Bertz CT molecular complexity index is 634. The van der Waals surface area contributed by atoms with Crippen LogP contribution in [0, 0.1) is 13.8 Å². The molecular weight excluding hydrogens is 296 g/mol. The molecule has 0 saturated carbocycles. The minimum atomic E-state index is -0.00859. The minimum absolute atomic E-state index is 0.00859. The molecule has 0 radical (unpaired) electrons. The van der Waals surface area contributed by atoms with Gasteiger partial charge in [0.2, 0.25) is 0 Å². The maximum absolute atomic E-state index is 10.3. The average molecular weight is 328 g/mol. The number of hydrogen-bond donors (Lipinski definition) is 2. The van der Waals surface area contributed by atoms with E-state index in [1.807, 2.05) is 50.2 Å². The second-order valence-electron chi connectivity index (χ2n) is 8.44. The van der Waals surface area contributed by atoms with Crippen molar-refractivity contribution >= 4 is 0 Å². The van der Waals surface area contributed by atoms with Crippen LogP contribution in [-0.2, 0) is 10.8 Å². The zero-order chi connectivity index (χ0) is 18.7. The van der Waals surface area contributed by atoms with Gasteiger partial charge in [-0.15, -0.1) is 0 Å². The largest absolute Gasteiger partial charge is 0.507 e. The first-order chi connectivity index (χ1) is 10.9. The fourth-order valence-corrected chi connectivity index (χ4v) is 2.56. The molecule has 24 heavy (non-hydrogen) atoms. The maximum Gasteiger partial charge on any atom is 0.123 e. The van der Waals surface area contributed by atoms with E-state index in [0.29, 0.717) is 11.5 Å². The Labute approximate surface area is 147 Å². The van der Waals surface area contributed by atoms with Crippen molar-refractivity contribution in [3.05, 3.63) is 58.7 Å². The topological polar surface area (TPSA) is 40.5 Å². The van der Waals surface area contributed by atoms with Gasteiger partial charge in [-0.2, -0.15) is 0 Å². The van der Waals surface area contributed by atoms with Gasteiger partial charge in [-0.3, -0.25) is 0 Å². The Kier molecular flexibility index (Phi) is 6.10. The highest BCUT2D eigenvalue weighted by Gasteiger charge is 2.24. The molecule has 0 heterocycles. The van der Waals surface area contributed by atoms with Gasteiger partial charge in [0.1, 0.15) is 11.5 Å². The lowest BCUT2D eigenvalue weighted by Gasteiger charge is -2.26. The van der Waals surface area contributed by atoms with Gasteiger partial charge in [-0.1, -0.05) is 77.9 Å². The third kappa shape index (κ3) is 5.02. The van der Waals surface area contributed by atoms with E-state index in [1.54, 1.807) is 0 Å². The summed E-state index contributed by atoms with van der Waals surface area (Å²) in [6.07, 6.45) is 0. The summed E-state index contributed by atoms with van der Waals surface area (Å²) in [6, 6.07) is 11.8. The van der Waals surface area contributed by atoms with Gasteiger partial charge in [0.05, 0.1) is 0 Å². The SMILES string of the molecule is CC(C)(C)c1cccc(C(C)(C)C)c1O.Cc1cccc(C)c1O. The third-order valence-electron chi connectivity index (χ3n) is 4.09. The lowest BCUT2D eigenvalue weighted by atomic mass is 9.80. The fraction of sp³-hybridized carbons (Fsp3) is 0.455. The molecule has 2 rings (SSSR count). The van der Waals surface area contributed by atoms with E-state index < -0.39 is 0 Å². The summed E-state index contributed by atoms with van der Waals surface area (Å²) >= 11 is 0. The first kappa shape index (κ1) is 20.1. The van der Waals surface area contributed by atoms with Crippen molar-refractivity contribution < 1.29 is 10.2 Å². The van der Waals surface area contributed by atoms with Crippen molar-refractivity contribution in [3.63, 3.8) is 0 Å². The average Bonchev–Trinajstić information content (AvgIpc) is 2.43. The van der Waals surface area contributed by atoms with Crippen molar-refractivity contribution in [1.29, 1.82) is 0 Å². The van der Waals surface area contributed by atoms with Crippen molar-refractivity contribution in [1.82, 2.24) is 0 Å². The number of hydrogen-bond acceptors (Lipinski definition) is 2.